The Morgan fingerprint density at radius 3 is 2.31 bits per heavy atom. The first kappa shape index (κ1) is 19.4. The maximum atomic E-state index is 12.6. The number of halogens is 3. The largest absolute Gasteiger partial charge is 0.506 e. The molecule has 0 unspecified atom stereocenters. The van der Waals surface area contributed by atoms with Gasteiger partial charge in [-0.1, -0.05) is 12.1 Å². The SMILES string of the molecule is CCOC(=O)CCC(=O)c1nc(-c2ccc(C(F)(F)F)cc2)ccc1O. The fourth-order valence-electron chi connectivity index (χ4n) is 2.21. The Kier molecular flexibility index (Phi) is 5.97. The fourth-order valence-corrected chi connectivity index (χ4v) is 2.21. The maximum absolute atomic E-state index is 12.6. The molecule has 1 heterocycles. The molecule has 0 aliphatic heterocycles. The number of alkyl halides is 3. The van der Waals surface area contributed by atoms with Gasteiger partial charge in [-0.15, -0.1) is 0 Å². The van der Waals surface area contributed by atoms with E-state index in [-0.39, 0.29) is 36.6 Å². The lowest BCUT2D eigenvalue weighted by Gasteiger charge is -2.09. The Bertz CT molecular complexity index is 801. The topological polar surface area (TPSA) is 76.5 Å². The van der Waals surface area contributed by atoms with Crippen molar-refractivity contribution in [3.63, 3.8) is 0 Å². The predicted octanol–water partition coefficient (Wildman–Crippen LogP) is 4.00. The molecule has 5 nitrogen and oxygen atoms in total. The zero-order valence-corrected chi connectivity index (χ0v) is 13.8. The summed E-state index contributed by atoms with van der Waals surface area (Å²) in [6.07, 6.45) is -4.80. The van der Waals surface area contributed by atoms with Crippen LogP contribution in [0.4, 0.5) is 13.2 Å². The smallest absolute Gasteiger partial charge is 0.416 e. The van der Waals surface area contributed by atoms with Crippen molar-refractivity contribution in [3.05, 3.63) is 47.7 Å². The summed E-state index contributed by atoms with van der Waals surface area (Å²) in [5.41, 5.74) is -0.453. The number of carbonyl (C=O) groups is 2. The number of hydrogen-bond donors (Lipinski definition) is 1. The number of Topliss-reactive ketones (excluding diaryl/α,β-unsaturated/α-hetero) is 1. The molecule has 0 spiro atoms. The van der Waals surface area contributed by atoms with Gasteiger partial charge in [-0.2, -0.15) is 13.2 Å². The first-order valence-corrected chi connectivity index (χ1v) is 7.79. The van der Waals surface area contributed by atoms with Gasteiger partial charge in [-0.25, -0.2) is 4.98 Å². The van der Waals surface area contributed by atoms with E-state index in [1.54, 1.807) is 6.92 Å². The number of aromatic nitrogens is 1. The van der Waals surface area contributed by atoms with Gasteiger partial charge in [-0.3, -0.25) is 9.59 Å². The van der Waals surface area contributed by atoms with Crippen LogP contribution in [0.25, 0.3) is 11.3 Å². The Hall–Kier alpha value is -2.90. The van der Waals surface area contributed by atoms with Crippen LogP contribution in [0.3, 0.4) is 0 Å². The molecule has 0 aliphatic rings. The summed E-state index contributed by atoms with van der Waals surface area (Å²) in [5.74, 6) is -1.47. The number of ketones is 1. The molecule has 0 amide bonds. The van der Waals surface area contributed by atoms with E-state index in [0.29, 0.717) is 5.56 Å². The first-order chi connectivity index (χ1) is 12.2. The molecule has 26 heavy (non-hydrogen) atoms. The summed E-state index contributed by atoms with van der Waals surface area (Å²) in [6, 6.07) is 6.90. The van der Waals surface area contributed by atoms with Crippen LogP contribution in [-0.4, -0.2) is 28.4 Å². The second-order valence-electron chi connectivity index (χ2n) is 5.37. The molecule has 2 aromatic rings. The van der Waals surface area contributed by atoms with Crippen LogP contribution in [0.15, 0.2) is 36.4 Å². The lowest BCUT2D eigenvalue weighted by Crippen LogP contribution is -2.09. The number of carbonyl (C=O) groups excluding carboxylic acids is 2. The summed E-state index contributed by atoms with van der Waals surface area (Å²) >= 11 is 0. The normalized spacial score (nSPS) is 11.2. The van der Waals surface area contributed by atoms with Gasteiger partial charge in [0.25, 0.3) is 0 Å². The van der Waals surface area contributed by atoms with Gasteiger partial charge in [0.15, 0.2) is 5.78 Å². The third-order valence-electron chi connectivity index (χ3n) is 3.51. The number of benzene rings is 1. The fraction of sp³-hybridized carbons (Fsp3) is 0.278. The van der Waals surface area contributed by atoms with E-state index in [4.69, 9.17) is 4.74 Å². The van der Waals surface area contributed by atoms with E-state index < -0.39 is 23.5 Å². The summed E-state index contributed by atoms with van der Waals surface area (Å²) < 4.78 is 42.6. The highest BCUT2D eigenvalue weighted by atomic mass is 19.4. The molecular formula is C18H16F3NO4. The minimum absolute atomic E-state index is 0.154. The minimum Gasteiger partial charge on any atom is -0.506 e. The molecule has 0 atom stereocenters. The number of rotatable bonds is 6. The standard InChI is InChI=1S/C18H16F3NO4/c1-2-26-16(25)10-9-15(24)17-14(23)8-7-13(22-17)11-3-5-12(6-4-11)18(19,20)21/h3-8,23H,2,9-10H2,1H3. The third-order valence-corrected chi connectivity index (χ3v) is 3.51. The van der Waals surface area contributed by atoms with E-state index in [9.17, 15) is 27.9 Å². The van der Waals surface area contributed by atoms with E-state index in [2.05, 4.69) is 4.98 Å². The lowest BCUT2D eigenvalue weighted by atomic mass is 10.1. The highest BCUT2D eigenvalue weighted by Gasteiger charge is 2.30. The van der Waals surface area contributed by atoms with Gasteiger partial charge < -0.3 is 9.84 Å². The van der Waals surface area contributed by atoms with Crippen LogP contribution in [0.1, 0.15) is 35.8 Å². The molecule has 138 valence electrons. The van der Waals surface area contributed by atoms with Gasteiger partial charge in [0, 0.05) is 12.0 Å². The molecule has 0 bridgehead atoms. The monoisotopic (exact) mass is 367 g/mol. The zero-order chi connectivity index (χ0) is 19.3. The van der Waals surface area contributed by atoms with Crippen molar-refractivity contribution < 1.29 is 32.6 Å². The van der Waals surface area contributed by atoms with Crippen LogP contribution in [0.2, 0.25) is 0 Å². The minimum atomic E-state index is -4.45. The van der Waals surface area contributed by atoms with Crippen LogP contribution in [0.5, 0.6) is 5.75 Å². The van der Waals surface area contributed by atoms with E-state index in [1.165, 1.54) is 24.3 Å². The van der Waals surface area contributed by atoms with Crippen molar-refractivity contribution in [3.8, 4) is 17.0 Å². The third kappa shape index (κ3) is 4.81. The summed E-state index contributed by atoms with van der Waals surface area (Å²) in [5, 5.41) is 9.82. The number of ether oxygens (including phenoxy) is 1. The van der Waals surface area contributed by atoms with Crippen LogP contribution in [0, 0.1) is 0 Å². The van der Waals surface area contributed by atoms with Crippen molar-refractivity contribution in [2.45, 2.75) is 25.9 Å². The number of pyridine rings is 1. The van der Waals surface area contributed by atoms with E-state index in [1.807, 2.05) is 0 Å². The van der Waals surface area contributed by atoms with Gasteiger partial charge in [0.2, 0.25) is 0 Å². The summed E-state index contributed by atoms with van der Waals surface area (Å²) in [6.45, 7) is 1.83. The molecular weight excluding hydrogens is 351 g/mol. The zero-order valence-electron chi connectivity index (χ0n) is 13.8. The van der Waals surface area contributed by atoms with Gasteiger partial charge in [-0.05, 0) is 31.2 Å². The van der Waals surface area contributed by atoms with E-state index >= 15 is 0 Å². The molecule has 0 saturated carbocycles. The second-order valence-corrected chi connectivity index (χ2v) is 5.37. The predicted molar refractivity (Wildman–Crippen MR) is 86.5 cm³/mol. The molecule has 1 N–H and O–H groups in total. The highest BCUT2D eigenvalue weighted by Crippen LogP contribution is 2.31. The van der Waals surface area contributed by atoms with E-state index in [0.717, 1.165) is 12.1 Å². The molecule has 8 heteroatoms. The summed E-state index contributed by atoms with van der Waals surface area (Å²) in [4.78, 5) is 27.5. The van der Waals surface area contributed by atoms with Crippen molar-refractivity contribution in [2.75, 3.05) is 6.61 Å². The van der Waals surface area contributed by atoms with Crippen molar-refractivity contribution >= 4 is 11.8 Å². The van der Waals surface area contributed by atoms with Crippen molar-refractivity contribution in [1.29, 1.82) is 0 Å². The Morgan fingerprint density at radius 1 is 1.08 bits per heavy atom. The molecule has 0 radical (unpaired) electrons. The first-order valence-electron chi connectivity index (χ1n) is 7.79. The average Bonchev–Trinajstić information content (AvgIpc) is 2.60. The number of hydrogen-bond acceptors (Lipinski definition) is 5. The number of aromatic hydroxyl groups is 1. The van der Waals surface area contributed by atoms with Crippen molar-refractivity contribution in [2.24, 2.45) is 0 Å². The number of nitrogens with zero attached hydrogens (tertiary/aromatic N) is 1. The molecule has 2 rings (SSSR count). The van der Waals surface area contributed by atoms with Gasteiger partial charge in [0.1, 0.15) is 11.4 Å². The Morgan fingerprint density at radius 2 is 1.73 bits per heavy atom. The van der Waals surface area contributed by atoms with Crippen molar-refractivity contribution in [1.82, 2.24) is 4.98 Å². The van der Waals surface area contributed by atoms with Gasteiger partial charge >= 0.3 is 12.1 Å². The Labute approximate surface area is 147 Å². The quantitative estimate of drug-likeness (QED) is 0.617. The lowest BCUT2D eigenvalue weighted by molar-refractivity contribution is -0.143. The molecule has 1 aromatic heterocycles. The number of esters is 1. The van der Waals surface area contributed by atoms with Crippen LogP contribution in [-0.2, 0) is 15.7 Å². The molecule has 0 aliphatic carbocycles. The van der Waals surface area contributed by atoms with Crippen LogP contribution >= 0.6 is 0 Å². The second kappa shape index (κ2) is 7.99. The Balaban J connectivity index is 2.21. The molecule has 0 fully saturated rings. The summed E-state index contributed by atoms with van der Waals surface area (Å²) in [7, 11) is 0. The highest BCUT2D eigenvalue weighted by molar-refractivity contribution is 5.98. The maximum Gasteiger partial charge on any atom is 0.416 e. The average molecular weight is 367 g/mol. The van der Waals surface area contributed by atoms with Crippen LogP contribution < -0.4 is 0 Å². The molecule has 1 aromatic carbocycles. The van der Waals surface area contributed by atoms with Gasteiger partial charge in [0.05, 0.1) is 24.3 Å². The molecule has 0 saturated heterocycles.